The van der Waals surface area contributed by atoms with Crippen LogP contribution in [0.15, 0.2) is 48.5 Å². The summed E-state index contributed by atoms with van der Waals surface area (Å²) >= 11 is 0. The first kappa shape index (κ1) is 24.7. The molecule has 1 saturated heterocycles. The SMILES string of the molecule is CC(CCC(=O)N1CCOC(C)(C(=O)O)C1)CNC(=O)OCC1c2ccccc2-c2ccccc21. The first-order valence-corrected chi connectivity index (χ1v) is 12.0. The van der Waals surface area contributed by atoms with E-state index in [1.165, 1.54) is 18.1 Å². The number of rotatable bonds is 8. The third-order valence-corrected chi connectivity index (χ3v) is 6.87. The summed E-state index contributed by atoms with van der Waals surface area (Å²) in [6.45, 7) is 4.70. The molecule has 8 heteroatoms. The Kier molecular flexibility index (Phi) is 7.40. The zero-order valence-electron chi connectivity index (χ0n) is 20.2. The van der Waals surface area contributed by atoms with Crippen molar-refractivity contribution in [2.24, 2.45) is 5.92 Å². The van der Waals surface area contributed by atoms with Crippen molar-refractivity contribution < 1.29 is 29.0 Å². The van der Waals surface area contributed by atoms with Crippen LogP contribution in [0.5, 0.6) is 0 Å². The molecule has 0 bridgehead atoms. The summed E-state index contributed by atoms with van der Waals surface area (Å²) in [6, 6.07) is 16.4. The number of aliphatic carboxylic acids is 1. The molecule has 35 heavy (non-hydrogen) atoms. The molecule has 8 nitrogen and oxygen atoms in total. The van der Waals surface area contributed by atoms with Gasteiger partial charge in [0.15, 0.2) is 5.60 Å². The molecular formula is C27H32N2O6. The van der Waals surface area contributed by atoms with E-state index in [0.717, 1.165) is 11.1 Å². The number of hydrogen-bond acceptors (Lipinski definition) is 5. The van der Waals surface area contributed by atoms with Gasteiger partial charge in [-0.3, -0.25) is 4.79 Å². The van der Waals surface area contributed by atoms with Crippen LogP contribution in [-0.4, -0.2) is 66.4 Å². The predicted molar refractivity (Wildman–Crippen MR) is 130 cm³/mol. The number of benzene rings is 2. The van der Waals surface area contributed by atoms with Gasteiger partial charge in [-0.05, 0) is 41.5 Å². The van der Waals surface area contributed by atoms with Crippen molar-refractivity contribution in [3.63, 3.8) is 0 Å². The van der Waals surface area contributed by atoms with Gasteiger partial charge in [0, 0.05) is 25.4 Å². The smallest absolute Gasteiger partial charge is 0.407 e. The Morgan fingerprint density at radius 2 is 1.77 bits per heavy atom. The molecule has 1 aliphatic heterocycles. The van der Waals surface area contributed by atoms with Crippen molar-refractivity contribution in [1.82, 2.24) is 10.2 Å². The summed E-state index contributed by atoms with van der Waals surface area (Å²) in [5.41, 5.74) is 3.32. The molecule has 0 spiro atoms. The van der Waals surface area contributed by atoms with Gasteiger partial charge in [-0.15, -0.1) is 0 Å². The van der Waals surface area contributed by atoms with Crippen LogP contribution in [0.2, 0.25) is 0 Å². The van der Waals surface area contributed by atoms with Crippen LogP contribution in [0.3, 0.4) is 0 Å². The van der Waals surface area contributed by atoms with E-state index in [1.807, 2.05) is 31.2 Å². The number of amides is 2. The first-order valence-electron chi connectivity index (χ1n) is 12.0. The Labute approximate surface area is 205 Å². The van der Waals surface area contributed by atoms with E-state index in [-0.39, 0.29) is 43.9 Å². The molecule has 2 atom stereocenters. The van der Waals surface area contributed by atoms with Gasteiger partial charge in [0.25, 0.3) is 0 Å². The average Bonchev–Trinajstić information content (AvgIpc) is 3.18. The number of carbonyl (C=O) groups is 3. The molecular weight excluding hydrogens is 448 g/mol. The van der Waals surface area contributed by atoms with E-state index in [0.29, 0.717) is 19.5 Å². The molecule has 2 unspecified atom stereocenters. The number of hydrogen-bond donors (Lipinski definition) is 2. The van der Waals surface area contributed by atoms with Gasteiger partial charge in [0.05, 0.1) is 13.2 Å². The standard InChI is InChI=1S/C27H32N2O6/c1-18(11-12-24(30)29-13-14-35-27(2,17-29)25(31)32)15-28-26(33)34-16-23-21-9-5-3-7-19(21)20-8-4-6-10-22(20)23/h3-10,18,23H,11-17H2,1-2H3,(H,28,33)(H,31,32). The van der Waals surface area contributed by atoms with Gasteiger partial charge < -0.3 is 24.8 Å². The molecule has 186 valence electrons. The van der Waals surface area contributed by atoms with Crippen LogP contribution in [0, 0.1) is 5.92 Å². The maximum absolute atomic E-state index is 12.6. The molecule has 1 aliphatic carbocycles. The molecule has 1 fully saturated rings. The number of nitrogens with one attached hydrogen (secondary N) is 1. The average molecular weight is 481 g/mol. The monoisotopic (exact) mass is 480 g/mol. The van der Waals surface area contributed by atoms with Crippen molar-refractivity contribution in [2.45, 2.75) is 38.2 Å². The predicted octanol–water partition coefficient (Wildman–Crippen LogP) is 3.64. The summed E-state index contributed by atoms with van der Waals surface area (Å²) in [5.74, 6) is -1.11. The van der Waals surface area contributed by atoms with Gasteiger partial charge >= 0.3 is 12.1 Å². The van der Waals surface area contributed by atoms with Crippen molar-refractivity contribution in [2.75, 3.05) is 32.8 Å². The van der Waals surface area contributed by atoms with Crippen molar-refractivity contribution in [3.05, 3.63) is 59.7 Å². The van der Waals surface area contributed by atoms with E-state index >= 15 is 0 Å². The van der Waals surface area contributed by atoms with Crippen LogP contribution in [0.25, 0.3) is 11.1 Å². The highest BCUT2D eigenvalue weighted by Gasteiger charge is 2.40. The second-order valence-electron chi connectivity index (χ2n) is 9.55. The Balaban J connectivity index is 1.21. The molecule has 4 rings (SSSR count). The van der Waals surface area contributed by atoms with Crippen LogP contribution < -0.4 is 5.32 Å². The number of carbonyl (C=O) groups excluding carboxylic acids is 2. The molecule has 2 aromatic rings. The quantitative estimate of drug-likeness (QED) is 0.598. The summed E-state index contributed by atoms with van der Waals surface area (Å²) in [7, 11) is 0. The Bertz CT molecular complexity index is 1060. The zero-order chi connectivity index (χ0) is 25.0. The van der Waals surface area contributed by atoms with Crippen LogP contribution in [0.1, 0.15) is 43.7 Å². The third-order valence-electron chi connectivity index (χ3n) is 6.87. The molecule has 2 aliphatic rings. The van der Waals surface area contributed by atoms with Gasteiger partial charge in [0.2, 0.25) is 5.91 Å². The highest BCUT2D eigenvalue weighted by atomic mass is 16.5. The van der Waals surface area contributed by atoms with Crippen molar-refractivity contribution >= 4 is 18.0 Å². The summed E-state index contributed by atoms with van der Waals surface area (Å²) in [6.07, 6.45) is 0.378. The molecule has 2 amide bonds. The van der Waals surface area contributed by atoms with Gasteiger partial charge in [-0.1, -0.05) is 55.5 Å². The van der Waals surface area contributed by atoms with Gasteiger partial charge in [-0.25, -0.2) is 9.59 Å². The first-order chi connectivity index (χ1) is 16.8. The fraction of sp³-hybridized carbons (Fsp3) is 0.444. The van der Waals surface area contributed by atoms with Gasteiger partial charge in [-0.2, -0.15) is 0 Å². The normalized spacial score (nSPS) is 20.0. The number of alkyl carbamates (subject to hydrolysis) is 1. The second kappa shape index (κ2) is 10.5. The number of fused-ring (bicyclic) bond motifs is 3. The molecule has 2 aromatic carbocycles. The largest absolute Gasteiger partial charge is 0.479 e. The van der Waals surface area contributed by atoms with E-state index in [1.54, 1.807) is 4.90 Å². The number of nitrogens with zero attached hydrogens (tertiary/aromatic N) is 1. The van der Waals surface area contributed by atoms with Crippen LogP contribution >= 0.6 is 0 Å². The lowest BCUT2D eigenvalue weighted by Crippen LogP contribution is -2.56. The molecule has 0 saturated carbocycles. The van der Waals surface area contributed by atoms with E-state index in [4.69, 9.17) is 9.47 Å². The lowest BCUT2D eigenvalue weighted by Gasteiger charge is -2.37. The minimum absolute atomic E-state index is 0.00760. The van der Waals surface area contributed by atoms with Crippen LogP contribution in [0.4, 0.5) is 4.79 Å². The van der Waals surface area contributed by atoms with Crippen molar-refractivity contribution in [1.29, 1.82) is 0 Å². The molecule has 0 radical (unpaired) electrons. The van der Waals surface area contributed by atoms with E-state index < -0.39 is 17.7 Å². The molecule has 0 aromatic heterocycles. The Morgan fingerprint density at radius 1 is 1.14 bits per heavy atom. The van der Waals surface area contributed by atoms with E-state index in [2.05, 4.69) is 29.6 Å². The fourth-order valence-corrected chi connectivity index (χ4v) is 4.75. The summed E-state index contributed by atoms with van der Waals surface area (Å²) in [5, 5.41) is 12.1. The molecule has 2 N–H and O–H groups in total. The topological polar surface area (TPSA) is 105 Å². The summed E-state index contributed by atoms with van der Waals surface area (Å²) in [4.78, 5) is 37.9. The number of ether oxygens (including phenoxy) is 2. The van der Waals surface area contributed by atoms with Crippen LogP contribution in [-0.2, 0) is 19.1 Å². The van der Waals surface area contributed by atoms with E-state index in [9.17, 15) is 19.5 Å². The number of carboxylic acid groups (broad SMARTS) is 1. The lowest BCUT2D eigenvalue weighted by molar-refractivity contribution is -0.177. The maximum Gasteiger partial charge on any atom is 0.407 e. The zero-order valence-corrected chi connectivity index (χ0v) is 20.2. The lowest BCUT2D eigenvalue weighted by atomic mass is 9.98. The fourth-order valence-electron chi connectivity index (χ4n) is 4.75. The minimum Gasteiger partial charge on any atom is -0.479 e. The highest BCUT2D eigenvalue weighted by molar-refractivity contribution is 5.81. The van der Waals surface area contributed by atoms with Gasteiger partial charge in [0.1, 0.15) is 6.61 Å². The Hall–Kier alpha value is -3.39. The number of carboxylic acids is 1. The van der Waals surface area contributed by atoms with Crippen molar-refractivity contribution in [3.8, 4) is 11.1 Å². The summed E-state index contributed by atoms with van der Waals surface area (Å²) < 4.78 is 10.9. The highest BCUT2D eigenvalue weighted by Crippen LogP contribution is 2.44. The Morgan fingerprint density at radius 3 is 2.40 bits per heavy atom. The minimum atomic E-state index is -1.37. The molecule has 1 heterocycles. The second-order valence-corrected chi connectivity index (χ2v) is 9.55. The maximum atomic E-state index is 12.6. The number of morpholine rings is 1. The third kappa shape index (κ3) is 5.48.